The average molecular weight is 277 g/mol. The maximum Gasteiger partial charge on any atom is 0.0624 e. The van der Waals surface area contributed by atoms with E-state index in [0.29, 0.717) is 0 Å². The SMILES string of the molecule is CCc1cc(CC2CC(C)CCC2CNC)n(CC)n1. The van der Waals surface area contributed by atoms with Gasteiger partial charge in [-0.25, -0.2) is 0 Å². The van der Waals surface area contributed by atoms with Gasteiger partial charge in [-0.3, -0.25) is 4.68 Å². The Morgan fingerprint density at radius 1 is 1.30 bits per heavy atom. The van der Waals surface area contributed by atoms with Gasteiger partial charge in [0.2, 0.25) is 0 Å². The van der Waals surface area contributed by atoms with Crippen LogP contribution in [-0.4, -0.2) is 23.4 Å². The van der Waals surface area contributed by atoms with Crippen molar-refractivity contribution in [2.45, 2.75) is 59.4 Å². The van der Waals surface area contributed by atoms with Gasteiger partial charge >= 0.3 is 0 Å². The van der Waals surface area contributed by atoms with Crippen LogP contribution in [0.15, 0.2) is 6.07 Å². The summed E-state index contributed by atoms with van der Waals surface area (Å²) in [6, 6.07) is 2.33. The largest absolute Gasteiger partial charge is 0.319 e. The molecule has 1 aromatic heterocycles. The van der Waals surface area contributed by atoms with Crippen molar-refractivity contribution < 1.29 is 0 Å². The molecule has 2 rings (SSSR count). The summed E-state index contributed by atoms with van der Waals surface area (Å²) in [7, 11) is 2.08. The highest BCUT2D eigenvalue weighted by atomic mass is 15.3. The average Bonchev–Trinajstić information content (AvgIpc) is 2.84. The van der Waals surface area contributed by atoms with Crippen molar-refractivity contribution in [3.05, 3.63) is 17.5 Å². The highest BCUT2D eigenvalue weighted by Crippen LogP contribution is 2.35. The summed E-state index contributed by atoms with van der Waals surface area (Å²) >= 11 is 0. The van der Waals surface area contributed by atoms with Crippen molar-refractivity contribution in [1.82, 2.24) is 15.1 Å². The standard InChI is InChI=1S/C17H31N3/c1-5-16-11-17(20(6-2)19-16)10-15-9-13(3)7-8-14(15)12-18-4/h11,13-15,18H,5-10,12H2,1-4H3. The van der Waals surface area contributed by atoms with Gasteiger partial charge in [0.15, 0.2) is 0 Å². The van der Waals surface area contributed by atoms with E-state index in [4.69, 9.17) is 5.10 Å². The van der Waals surface area contributed by atoms with Crippen molar-refractivity contribution >= 4 is 0 Å². The number of rotatable bonds is 6. The number of nitrogens with zero attached hydrogens (tertiary/aromatic N) is 2. The van der Waals surface area contributed by atoms with Crippen LogP contribution in [0.5, 0.6) is 0 Å². The summed E-state index contributed by atoms with van der Waals surface area (Å²) < 4.78 is 2.22. The molecule has 1 aliphatic carbocycles. The quantitative estimate of drug-likeness (QED) is 0.865. The first-order valence-electron chi connectivity index (χ1n) is 8.38. The van der Waals surface area contributed by atoms with Gasteiger partial charge in [-0.1, -0.05) is 20.3 Å². The molecule has 114 valence electrons. The number of nitrogens with one attached hydrogen (secondary N) is 1. The van der Waals surface area contributed by atoms with Crippen LogP contribution < -0.4 is 5.32 Å². The van der Waals surface area contributed by atoms with Gasteiger partial charge in [-0.2, -0.15) is 5.10 Å². The van der Waals surface area contributed by atoms with E-state index in [-0.39, 0.29) is 0 Å². The Morgan fingerprint density at radius 3 is 2.75 bits per heavy atom. The first kappa shape index (κ1) is 15.6. The number of hydrogen-bond acceptors (Lipinski definition) is 2. The van der Waals surface area contributed by atoms with Crippen molar-refractivity contribution in [3.63, 3.8) is 0 Å². The predicted octanol–water partition coefficient (Wildman–Crippen LogP) is 3.28. The van der Waals surface area contributed by atoms with Gasteiger partial charge in [-0.05, 0) is 70.0 Å². The fourth-order valence-corrected chi connectivity index (χ4v) is 3.74. The van der Waals surface area contributed by atoms with Crippen molar-refractivity contribution in [2.24, 2.45) is 17.8 Å². The zero-order valence-corrected chi connectivity index (χ0v) is 13.7. The van der Waals surface area contributed by atoms with E-state index in [0.717, 1.165) is 37.3 Å². The van der Waals surface area contributed by atoms with Crippen LogP contribution in [0, 0.1) is 17.8 Å². The van der Waals surface area contributed by atoms with Crippen LogP contribution in [0.1, 0.15) is 51.4 Å². The minimum Gasteiger partial charge on any atom is -0.319 e. The summed E-state index contributed by atoms with van der Waals surface area (Å²) in [5.41, 5.74) is 2.69. The van der Waals surface area contributed by atoms with Gasteiger partial charge in [0, 0.05) is 12.2 Å². The van der Waals surface area contributed by atoms with E-state index in [2.05, 4.69) is 43.9 Å². The second kappa shape index (κ2) is 7.26. The van der Waals surface area contributed by atoms with Crippen molar-refractivity contribution in [2.75, 3.05) is 13.6 Å². The van der Waals surface area contributed by atoms with Gasteiger partial charge in [0.1, 0.15) is 0 Å². The highest BCUT2D eigenvalue weighted by Gasteiger charge is 2.29. The Hall–Kier alpha value is -0.830. The molecule has 1 heterocycles. The summed E-state index contributed by atoms with van der Waals surface area (Å²) in [4.78, 5) is 0. The zero-order valence-electron chi connectivity index (χ0n) is 13.7. The van der Waals surface area contributed by atoms with Crippen LogP contribution in [0.25, 0.3) is 0 Å². The zero-order chi connectivity index (χ0) is 14.5. The molecule has 3 unspecified atom stereocenters. The van der Waals surface area contributed by atoms with Crippen LogP contribution in [0.3, 0.4) is 0 Å². The van der Waals surface area contributed by atoms with Gasteiger partial charge in [0.25, 0.3) is 0 Å². The van der Waals surface area contributed by atoms with Crippen molar-refractivity contribution in [1.29, 1.82) is 0 Å². The molecule has 1 aromatic rings. The molecule has 20 heavy (non-hydrogen) atoms. The van der Waals surface area contributed by atoms with E-state index in [1.165, 1.54) is 37.1 Å². The molecular weight excluding hydrogens is 246 g/mol. The van der Waals surface area contributed by atoms with E-state index in [1.807, 2.05) is 0 Å². The Labute approximate surface area is 124 Å². The Kier molecular flexibility index (Phi) is 5.64. The van der Waals surface area contributed by atoms with Crippen LogP contribution in [-0.2, 0) is 19.4 Å². The summed E-state index contributed by atoms with van der Waals surface area (Å²) in [6.07, 6.45) is 6.41. The molecule has 0 radical (unpaired) electrons. The molecule has 0 spiro atoms. The lowest BCUT2D eigenvalue weighted by atomic mass is 9.72. The lowest BCUT2D eigenvalue weighted by Crippen LogP contribution is -2.32. The third-order valence-electron chi connectivity index (χ3n) is 4.92. The second-order valence-electron chi connectivity index (χ2n) is 6.50. The van der Waals surface area contributed by atoms with E-state index >= 15 is 0 Å². The third kappa shape index (κ3) is 3.63. The molecule has 0 amide bonds. The maximum atomic E-state index is 4.70. The minimum absolute atomic E-state index is 0.818. The number of aromatic nitrogens is 2. The fourth-order valence-electron chi connectivity index (χ4n) is 3.74. The number of hydrogen-bond donors (Lipinski definition) is 1. The molecule has 1 aliphatic rings. The normalized spacial score (nSPS) is 26.9. The molecular formula is C17H31N3. The van der Waals surface area contributed by atoms with Gasteiger partial charge in [0.05, 0.1) is 5.69 Å². The molecule has 0 aliphatic heterocycles. The lowest BCUT2D eigenvalue weighted by molar-refractivity contribution is 0.183. The highest BCUT2D eigenvalue weighted by molar-refractivity contribution is 5.12. The summed E-state index contributed by atoms with van der Waals surface area (Å²) in [6.45, 7) is 8.97. The third-order valence-corrected chi connectivity index (χ3v) is 4.92. The molecule has 1 fully saturated rings. The van der Waals surface area contributed by atoms with E-state index in [9.17, 15) is 0 Å². The van der Waals surface area contributed by atoms with Gasteiger partial charge in [-0.15, -0.1) is 0 Å². The second-order valence-corrected chi connectivity index (χ2v) is 6.50. The van der Waals surface area contributed by atoms with E-state index in [1.54, 1.807) is 0 Å². The molecule has 1 N–H and O–H groups in total. The van der Waals surface area contributed by atoms with Crippen molar-refractivity contribution in [3.8, 4) is 0 Å². The van der Waals surface area contributed by atoms with E-state index < -0.39 is 0 Å². The lowest BCUT2D eigenvalue weighted by Gasteiger charge is -2.35. The smallest absolute Gasteiger partial charge is 0.0624 e. The number of aryl methyl sites for hydroxylation is 2. The Balaban J connectivity index is 2.10. The first-order chi connectivity index (χ1) is 9.67. The molecule has 0 bridgehead atoms. The van der Waals surface area contributed by atoms with Crippen LogP contribution in [0.2, 0.25) is 0 Å². The molecule has 3 nitrogen and oxygen atoms in total. The monoisotopic (exact) mass is 277 g/mol. The summed E-state index contributed by atoms with van der Waals surface area (Å²) in [5, 5.41) is 8.09. The molecule has 1 saturated carbocycles. The maximum absolute atomic E-state index is 4.70. The fraction of sp³-hybridized carbons (Fsp3) is 0.824. The summed E-state index contributed by atoms with van der Waals surface area (Å²) in [5.74, 6) is 2.54. The van der Waals surface area contributed by atoms with Crippen LogP contribution >= 0.6 is 0 Å². The Morgan fingerprint density at radius 2 is 2.10 bits per heavy atom. The Bertz CT molecular complexity index is 410. The van der Waals surface area contributed by atoms with Crippen LogP contribution in [0.4, 0.5) is 0 Å². The van der Waals surface area contributed by atoms with Gasteiger partial charge < -0.3 is 5.32 Å². The molecule has 3 heteroatoms. The molecule has 3 atom stereocenters. The predicted molar refractivity (Wildman–Crippen MR) is 84.9 cm³/mol. The molecule has 0 saturated heterocycles. The molecule has 0 aromatic carbocycles. The first-order valence-corrected chi connectivity index (χ1v) is 8.38. The minimum atomic E-state index is 0.818. The topological polar surface area (TPSA) is 29.9 Å².